The molecular formula is C13H16O3. The summed E-state index contributed by atoms with van der Waals surface area (Å²) in [7, 11) is 0. The molecule has 3 nitrogen and oxygen atoms in total. The molecule has 1 saturated carbocycles. The quantitative estimate of drug-likeness (QED) is 0.779. The van der Waals surface area contributed by atoms with Gasteiger partial charge in [-0.2, -0.15) is 0 Å². The second kappa shape index (κ2) is 4.16. The zero-order valence-electron chi connectivity index (χ0n) is 9.40. The maximum atomic E-state index is 11.2. The van der Waals surface area contributed by atoms with Crippen LogP contribution in [0.1, 0.15) is 38.2 Å². The van der Waals surface area contributed by atoms with Crippen molar-refractivity contribution in [1.82, 2.24) is 0 Å². The minimum atomic E-state index is -0.509. The highest BCUT2D eigenvalue weighted by Gasteiger charge is 2.38. The fourth-order valence-electron chi connectivity index (χ4n) is 2.46. The average molecular weight is 220 g/mol. The van der Waals surface area contributed by atoms with Gasteiger partial charge in [0.2, 0.25) is 0 Å². The van der Waals surface area contributed by atoms with Crippen molar-refractivity contribution < 1.29 is 14.6 Å². The van der Waals surface area contributed by atoms with Gasteiger partial charge in [-0.25, -0.2) is 0 Å². The van der Waals surface area contributed by atoms with Gasteiger partial charge in [0.05, 0.1) is 0 Å². The van der Waals surface area contributed by atoms with E-state index in [4.69, 9.17) is 4.74 Å². The summed E-state index contributed by atoms with van der Waals surface area (Å²) in [5.74, 6) is -0.0406. The lowest BCUT2D eigenvalue weighted by Crippen LogP contribution is -2.28. The minimum absolute atomic E-state index is 0.218. The molecule has 0 heterocycles. The van der Waals surface area contributed by atoms with Crippen molar-refractivity contribution in [3.63, 3.8) is 0 Å². The van der Waals surface area contributed by atoms with Crippen molar-refractivity contribution in [3.05, 3.63) is 29.8 Å². The number of benzene rings is 1. The van der Waals surface area contributed by atoms with Gasteiger partial charge in [0, 0.05) is 6.92 Å². The van der Waals surface area contributed by atoms with Crippen molar-refractivity contribution in [2.75, 3.05) is 0 Å². The summed E-state index contributed by atoms with van der Waals surface area (Å²) >= 11 is 0. The van der Waals surface area contributed by atoms with Gasteiger partial charge in [-0.1, -0.05) is 12.1 Å². The highest BCUT2D eigenvalue weighted by atomic mass is 16.6. The number of hydrogen-bond acceptors (Lipinski definition) is 3. The smallest absolute Gasteiger partial charge is 0.303 e. The number of carbonyl (C=O) groups is 1. The molecule has 0 amide bonds. The maximum absolute atomic E-state index is 11.2. The summed E-state index contributed by atoms with van der Waals surface area (Å²) < 4.78 is 5.49. The topological polar surface area (TPSA) is 46.5 Å². The van der Waals surface area contributed by atoms with Crippen LogP contribution < -0.4 is 0 Å². The molecule has 0 atom stereocenters. The van der Waals surface area contributed by atoms with Crippen LogP contribution in [-0.2, 0) is 15.1 Å². The van der Waals surface area contributed by atoms with Crippen LogP contribution >= 0.6 is 0 Å². The standard InChI is InChI=1S/C13H16O3/c1-10(14)16-13(7-2-3-8-13)11-5-4-6-12(15)9-11/h4-6,9,15H,2-3,7-8H2,1H3. The van der Waals surface area contributed by atoms with Gasteiger partial charge in [-0.15, -0.1) is 0 Å². The molecule has 2 rings (SSSR count). The second-order valence-corrected chi connectivity index (χ2v) is 4.35. The number of aromatic hydroxyl groups is 1. The molecule has 0 unspecified atom stereocenters. The second-order valence-electron chi connectivity index (χ2n) is 4.35. The maximum Gasteiger partial charge on any atom is 0.303 e. The van der Waals surface area contributed by atoms with Crippen molar-refractivity contribution in [2.24, 2.45) is 0 Å². The number of phenolic OH excluding ortho intramolecular Hbond substituents is 1. The largest absolute Gasteiger partial charge is 0.508 e. The molecule has 1 aromatic carbocycles. The summed E-state index contributed by atoms with van der Waals surface area (Å²) in [6.45, 7) is 1.43. The Bertz CT molecular complexity index is 392. The molecule has 3 heteroatoms. The SMILES string of the molecule is CC(=O)OC1(c2cccc(O)c2)CCCC1. The van der Waals surface area contributed by atoms with Gasteiger partial charge in [0.25, 0.3) is 0 Å². The lowest BCUT2D eigenvalue weighted by atomic mass is 9.91. The van der Waals surface area contributed by atoms with Gasteiger partial charge in [-0.3, -0.25) is 4.79 Å². The Morgan fingerprint density at radius 1 is 1.38 bits per heavy atom. The van der Waals surface area contributed by atoms with Gasteiger partial charge >= 0.3 is 5.97 Å². The van der Waals surface area contributed by atoms with Crippen LogP contribution in [0.15, 0.2) is 24.3 Å². The third-order valence-electron chi connectivity index (χ3n) is 3.12. The Morgan fingerprint density at radius 3 is 2.62 bits per heavy atom. The van der Waals surface area contributed by atoms with Crippen LogP contribution in [-0.4, -0.2) is 11.1 Å². The van der Waals surface area contributed by atoms with Crippen LogP contribution in [0.4, 0.5) is 0 Å². The Kier molecular flexibility index (Phi) is 2.86. The zero-order chi connectivity index (χ0) is 11.6. The molecule has 1 aliphatic carbocycles. The van der Waals surface area contributed by atoms with Gasteiger partial charge in [0.15, 0.2) is 0 Å². The fraction of sp³-hybridized carbons (Fsp3) is 0.462. The van der Waals surface area contributed by atoms with Crippen molar-refractivity contribution in [1.29, 1.82) is 0 Å². The van der Waals surface area contributed by atoms with Crippen LogP contribution in [0.2, 0.25) is 0 Å². The number of esters is 1. The van der Waals surface area contributed by atoms with E-state index >= 15 is 0 Å². The van der Waals surface area contributed by atoms with Crippen molar-refractivity contribution in [3.8, 4) is 5.75 Å². The zero-order valence-corrected chi connectivity index (χ0v) is 9.40. The molecule has 86 valence electrons. The van der Waals surface area contributed by atoms with E-state index in [9.17, 15) is 9.90 Å². The summed E-state index contributed by atoms with van der Waals surface area (Å²) in [5, 5.41) is 9.48. The van der Waals surface area contributed by atoms with Gasteiger partial charge in [-0.05, 0) is 43.4 Å². The molecule has 0 aliphatic heterocycles. The van der Waals surface area contributed by atoms with E-state index in [1.165, 1.54) is 6.92 Å². The van der Waals surface area contributed by atoms with E-state index in [2.05, 4.69) is 0 Å². The molecule has 1 fully saturated rings. The molecule has 0 radical (unpaired) electrons. The first kappa shape index (κ1) is 11.0. The lowest BCUT2D eigenvalue weighted by molar-refractivity contribution is -0.157. The Morgan fingerprint density at radius 2 is 2.06 bits per heavy atom. The average Bonchev–Trinajstić information content (AvgIpc) is 2.66. The van der Waals surface area contributed by atoms with E-state index in [1.807, 2.05) is 6.07 Å². The summed E-state index contributed by atoms with van der Waals surface area (Å²) in [6.07, 6.45) is 3.80. The summed E-state index contributed by atoms with van der Waals surface area (Å²) in [4.78, 5) is 11.2. The van der Waals surface area contributed by atoms with Crippen LogP contribution in [0.25, 0.3) is 0 Å². The number of carbonyl (C=O) groups excluding carboxylic acids is 1. The highest BCUT2D eigenvalue weighted by Crippen LogP contribution is 2.42. The predicted molar refractivity (Wildman–Crippen MR) is 60.0 cm³/mol. The van der Waals surface area contributed by atoms with E-state index in [0.717, 1.165) is 31.2 Å². The molecule has 0 saturated heterocycles. The van der Waals surface area contributed by atoms with Gasteiger partial charge in [0.1, 0.15) is 11.4 Å². The predicted octanol–water partition coefficient (Wildman–Crippen LogP) is 2.72. The van der Waals surface area contributed by atoms with E-state index < -0.39 is 5.60 Å². The fourth-order valence-corrected chi connectivity index (χ4v) is 2.46. The van der Waals surface area contributed by atoms with Crippen LogP contribution in [0.3, 0.4) is 0 Å². The number of hydrogen-bond donors (Lipinski definition) is 1. The number of rotatable bonds is 2. The third kappa shape index (κ3) is 2.03. The highest BCUT2D eigenvalue weighted by molar-refractivity contribution is 5.67. The van der Waals surface area contributed by atoms with Crippen molar-refractivity contribution in [2.45, 2.75) is 38.2 Å². The summed E-state index contributed by atoms with van der Waals surface area (Å²) in [6, 6.07) is 7.01. The van der Waals surface area contributed by atoms with E-state index in [0.29, 0.717) is 0 Å². The molecule has 0 aromatic heterocycles. The van der Waals surface area contributed by atoms with E-state index in [-0.39, 0.29) is 11.7 Å². The molecule has 1 aliphatic rings. The first-order valence-electron chi connectivity index (χ1n) is 5.61. The Balaban J connectivity index is 2.35. The van der Waals surface area contributed by atoms with Gasteiger partial charge < -0.3 is 9.84 Å². The molecule has 0 spiro atoms. The van der Waals surface area contributed by atoms with Crippen LogP contribution in [0.5, 0.6) is 5.75 Å². The minimum Gasteiger partial charge on any atom is -0.508 e. The normalized spacial score (nSPS) is 18.3. The molecular weight excluding hydrogens is 204 g/mol. The first-order valence-corrected chi connectivity index (χ1v) is 5.61. The van der Waals surface area contributed by atoms with E-state index in [1.54, 1.807) is 18.2 Å². The molecule has 1 N–H and O–H groups in total. The van der Waals surface area contributed by atoms with Crippen LogP contribution in [0, 0.1) is 0 Å². The lowest BCUT2D eigenvalue weighted by Gasteiger charge is -2.29. The molecule has 16 heavy (non-hydrogen) atoms. The third-order valence-corrected chi connectivity index (χ3v) is 3.12. The Hall–Kier alpha value is -1.51. The monoisotopic (exact) mass is 220 g/mol. The molecule has 0 bridgehead atoms. The molecule has 1 aromatic rings. The Labute approximate surface area is 95.0 Å². The number of ether oxygens (including phenoxy) is 1. The first-order chi connectivity index (χ1) is 7.62. The number of phenols is 1. The van der Waals surface area contributed by atoms with Crippen molar-refractivity contribution >= 4 is 5.97 Å². The summed E-state index contributed by atoms with van der Waals surface area (Å²) in [5.41, 5.74) is 0.394.